The summed E-state index contributed by atoms with van der Waals surface area (Å²) in [6, 6.07) is 14.8. The van der Waals surface area contributed by atoms with Gasteiger partial charge in [0, 0.05) is 30.1 Å². The number of tetrazole rings is 1. The van der Waals surface area contributed by atoms with E-state index in [1.165, 1.54) is 0 Å². The molecule has 5 rings (SSSR count). The van der Waals surface area contributed by atoms with Gasteiger partial charge in [-0.1, -0.05) is 80.3 Å². The lowest BCUT2D eigenvalue weighted by atomic mass is 9.79. The van der Waals surface area contributed by atoms with Crippen LogP contribution in [0, 0.1) is 12.8 Å². The van der Waals surface area contributed by atoms with Gasteiger partial charge in [-0.2, -0.15) is 5.21 Å². The van der Waals surface area contributed by atoms with Crippen molar-refractivity contribution in [3.63, 3.8) is 0 Å². The van der Waals surface area contributed by atoms with Crippen molar-refractivity contribution in [3.8, 4) is 11.4 Å². The second-order valence-corrected chi connectivity index (χ2v) is 11.3. The lowest BCUT2D eigenvalue weighted by Gasteiger charge is -2.42. The molecule has 2 aliphatic carbocycles. The summed E-state index contributed by atoms with van der Waals surface area (Å²) in [5.74, 6) is -2.66. The summed E-state index contributed by atoms with van der Waals surface area (Å²) in [6.45, 7) is 4.59. The van der Waals surface area contributed by atoms with Crippen LogP contribution in [0.5, 0.6) is 0 Å². The van der Waals surface area contributed by atoms with Gasteiger partial charge in [0.05, 0.1) is 17.9 Å². The standard InChI is InChI=1S/C31H37F2N7O/c1-20-13-15-22(16-14-20)34-30(41)35-27-18-26(24-11-7-8-12-25(24)29-36-38-39-37-29)21(2)17-28(27)40(19-31(3,32)33)23-9-5-4-6-10-23/h7-8,11-18,21,23,26H,4-6,9-10,19H2,1-3H3,(H2,34,35,41)(H,36,37,38,39). The number of allylic oxidation sites excluding steroid dienone is 2. The number of hydrogen-bond acceptors (Lipinski definition) is 5. The maximum Gasteiger partial charge on any atom is 0.323 e. The zero-order valence-electron chi connectivity index (χ0n) is 23.7. The summed E-state index contributed by atoms with van der Waals surface area (Å²) in [5.41, 5.74) is 4.65. The van der Waals surface area contributed by atoms with Crippen molar-refractivity contribution < 1.29 is 13.6 Å². The highest BCUT2D eigenvalue weighted by Gasteiger charge is 2.36. The van der Waals surface area contributed by atoms with Crippen molar-refractivity contribution in [2.24, 2.45) is 5.92 Å². The molecular formula is C31H37F2N7O. The number of anilines is 1. The van der Waals surface area contributed by atoms with Crippen LogP contribution in [0.4, 0.5) is 19.3 Å². The zero-order valence-corrected chi connectivity index (χ0v) is 23.7. The molecule has 2 amide bonds. The Morgan fingerprint density at radius 1 is 1.05 bits per heavy atom. The van der Waals surface area contributed by atoms with E-state index in [1.807, 2.05) is 72.5 Å². The average Bonchev–Trinajstić information content (AvgIpc) is 3.49. The molecule has 1 heterocycles. The van der Waals surface area contributed by atoms with Gasteiger partial charge in [0.1, 0.15) is 0 Å². The number of H-pyrrole nitrogens is 1. The van der Waals surface area contributed by atoms with Crippen LogP contribution in [-0.2, 0) is 0 Å². The van der Waals surface area contributed by atoms with Gasteiger partial charge in [0.25, 0.3) is 5.92 Å². The van der Waals surface area contributed by atoms with Crippen LogP contribution in [0.25, 0.3) is 11.4 Å². The molecule has 0 radical (unpaired) electrons. The largest absolute Gasteiger partial charge is 0.361 e. The Morgan fingerprint density at radius 2 is 1.78 bits per heavy atom. The van der Waals surface area contributed by atoms with Gasteiger partial charge in [0.15, 0.2) is 0 Å². The number of urea groups is 1. The number of benzene rings is 2. The molecule has 0 aliphatic heterocycles. The van der Waals surface area contributed by atoms with Gasteiger partial charge < -0.3 is 15.5 Å². The van der Waals surface area contributed by atoms with Crippen LogP contribution < -0.4 is 10.6 Å². The van der Waals surface area contributed by atoms with Gasteiger partial charge in [-0.25, -0.2) is 13.6 Å². The predicted octanol–water partition coefficient (Wildman–Crippen LogP) is 6.79. The number of alkyl halides is 2. The first-order chi connectivity index (χ1) is 19.7. The van der Waals surface area contributed by atoms with Gasteiger partial charge in [-0.05, 0) is 48.6 Å². The number of aromatic amines is 1. The van der Waals surface area contributed by atoms with Crippen LogP contribution in [-0.4, -0.2) is 50.1 Å². The molecule has 1 saturated carbocycles. The van der Waals surface area contributed by atoms with E-state index in [0.29, 0.717) is 22.9 Å². The van der Waals surface area contributed by atoms with E-state index in [9.17, 15) is 13.6 Å². The molecule has 3 aromatic rings. The molecule has 1 aromatic heterocycles. The summed E-state index contributed by atoms with van der Waals surface area (Å²) < 4.78 is 29.3. The molecule has 41 heavy (non-hydrogen) atoms. The maximum absolute atomic E-state index is 14.6. The van der Waals surface area contributed by atoms with Crippen LogP contribution in [0.15, 0.2) is 72.1 Å². The number of nitrogens with zero attached hydrogens (tertiary/aromatic N) is 4. The van der Waals surface area contributed by atoms with E-state index in [0.717, 1.165) is 55.7 Å². The fourth-order valence-corrected chi connectivity index (χ4v) is 5.88. The molecule has 2 unspecified atom stereocenters. The predicted molar refractivity (Wildman–Crippen MR) is 155 cm³/mol. The van der Waals surface area contributed by atoms with Crippen molar-refractivity contribution in [1.82, 2.24) is 30.8 Å². The topological polar surface area (TPSA) is 98.8 Å². The smallest absolute Gasteiger partial charge is 0.323 e. The lowest BCUT2D eigenvalue weighted by molar-refractivity contribution is -0.0189. The molecule has 0 spiro atoms. The van der Waals surface area contributed by atoms with Crippen molar-refractivity contribution >= 4 is 11.7 Å². The maximum atomic E-state index is 14.6. The summed E-state index contributed by atoms with van der Waals surface area (Å²) in [6.07, 6.45) is 8.80. The summed E-state index contributed by atoms with van der Waals surface area (Å²) >= 11 is 0. The van der Waals surface area contributed by atoms with Crippen LogP contribution in [0.2, 0.25) is 0 Å². The molecular weight excluding hydrogens is 524 g/mol. The molecule has 0 bridgehead atoms. The lowest BCUT2D eigenvalue weighted by Crippen LogP contribution is -2.46. The van der Waals surface area contributed by atoms with Crippen molar-refractivity contribution in [2.45, 2.75) is 70.8 Å². The van der Waals surface area contributed by atoms with Crippen molar-refractivity contribution in [2.75, 3.05) is 11.9 Å². The molecule has 2 atom stereocenters. The van der Waals surface area contributed by atoms with E-state index >= 15 is 0 Å². The van der Waals surface area contributed by atoms with Gasteiger partial charge in [0.2, 0.25) is 5.82 Å². The van der Waals surface area contributed by atoms with Crippen LogP contribution in [0.3, 0.4) is 0 Å². The Kier molecular flexibility index (Phi) is 8.46. The highest BCUT2D eigenvalue weighted by Crippen LogP contribution is 2.41. The molecule has 10 heteroatoms. The molecule has 1 fully saturated rings. The van der Waals surface area contributed by atoms with Gasteiger partial charge >= 0.3 is 6.03 Å². The highest BCUT2D eigenvalue weighted by molar-refractivity contribution is 5.91. The number of halogens is 2. The quantitative estimate of drug-likeness (QED) is 0.281. The Bertz CT molecular complexity index is 1390. The minimum Gasteiger partial charge on any atom is -0.361 e. The third-order valence-electron chi connectivity index (χ3n) is 7.85. The van der Waals surface area contributed by atoms with E-state index in [2.05, 4.69) is 38.2 Å². The molecule has 216 valence electrons. The molecule has 8 nitrogen and oxygen atoms in total. The number of nitrogens with one attached hydrogen (secondary N) is 3. The normalized spacial score (nSPS) is 19.7. The van der Waals surface area contributed by atoms with Gasteiger partial charge in [-0.15, -0.1) is 10.2 Å². The number of carbonyl (C=O) groups is 1. The van der Waals surface area contributed by atoms with E-state index in [1.54, 1.807) is 0 Å². The Labute approximate surface area is 239 Å². The minimum absolute atomic E-state index is 0.0263. The highest BCUT2D eigenvalue weighted by atomic mass is 19.3. The van der Waals surface area contributed by atoms with E-state index < -0.39 is 18.5 Å². The first-order valence-corrected chi connectivity index (χ1v) is 14.2. The number of rotatable bonds is 8. The fraction of sp³-hybridized carbons (Fsp3) is 0.419. The minimum atomic E-state index is -2.90. The van der Waals surface area contributed by atoms with E-state index in [4.69, 9.17) is 0 Å². The summed E-state index contributed by atoms with van der Waals surface area (Å²) in [5, 5.41) is 20.5. The third-order valence-corrected chi connectivity index (χ3v) is 7.85. The average molecular weight is 562 g/mol. The van der Waals surface area contributed by atoms with Crippen molar-refractivity contribution in [1.29, 1.82) is 0 Å². The molecule has 3 N–H and O–H groups in total. The summed E-state index contributed by atoms with van der Waals surface area (Å²) in [4.78, 5) is 15.1. The monoisotopic (exact) mass is 561 g/mol. The first-order valence-electron chi connectivity index (χ1n) is 14.2. The number of hydrogen-bond donors (Lipinski definition) is 3. The van der Waals surface area contributed by atoms with E-state index in [-0.39, 0.29) is 17.9 Å². The Balaban J connectivity index is 1.53. The second kappa shape index (κ2) is 12.2. The molecule has 2 aromatic carbocycles. The van der Waals surface area contributed by atoms with Crippen LogP contribution in [0.1, 0.15) is 63.0 Å². The SMILES string of the molecule is Cc1ccc(NC(=O)NC2=CC(c3ccccc3-c3nn[nH]n3)C(C)C=C2N(CC(C)(F)F)C2CCCCC2)cc1. The Morgan fingerprint density at radius 3 is 2.46 bits per heavy atom. The number of aromatic nitrogens is 4. The van der Waals surface area contributed by atoms with Crippen molar-refractivity contribution in [3.05, 3.63) is 83.2 Å². The summed E-state index contributed by atoms with van der Waals surface area (Å²) in [7, 11) is 0. The third kappa shape index (κ3) is 6.99. The number of amides is 2. The Hall–Kier alpha value is -4.08. The van der Waals surface area contributed by atoms with Gasteiger partial charge in [-0.3, -0.25) is 0 Å². The number of aryl methyl sites for hydroxylation is 1. The molecule has 2 aliphatic rings. The number of carbonyl (C=O) groups excluding carboxylic acids is 1. The zero-order chi connectivity index (χ0) is 29.0. The molecule has 0 saturated heterocycles. The van der Waals surface area contributed by atoms with Crippen LogP contribution >= 0.6 is 0 Å². The fourth-order valence-electron chi connectivity index (χ4n) is 5.88. The first kappa shape index (κ1) is 28.4. The second-order valence-electron chi connectivity index (χ2n) is 11.3.